The zero-order valence-corrected chi connectivity index (χ0v) is 12.6. The first-order valence-corrected chi connectivity index (χ1v) is 6.83. The van der Waals surface area contributed by atoms with Gasteiger partial charge in [-0.2, -0.15) is 0 Å². The summed E-state index contributed by atoms with van der Waals surface area (Å²) in [5.41, 5.74) is -0.491. The molecule has 1 aromatic heterocycles. The molecule has 2 heterocycles. The van der Waals surface area contributed by atoms with E-state index in [-0.39, 0.29) is 18.2 Å². The van der Waals surface area contributed by atoms with Gasteiger partial charge in [-0.25, -0.2) is 14.8 Å². The van der Waals surface area contributed by atoms with Crippen LogP contribution in [0.1, 0.15) is 27.2 Å². The predicted octanol–water partition coefficient (Wildman–Crippen LogP) is 2.52. The van der Waals surface area contributed by atoms with Gasteiger partial charge in [0.05, 0.1) is 24.0 Å². The van der Waals surface area contributed by atoms with Crippen LogP contribution in [-0.4, -0.2) is 45.8 Å². The van der Waals surface area contributed by atoms with Gasteiger partial charge < -0.3 is 14.4 Å². The van der Waals surface area contributed by atoms with Crippen molar-refractivity contribution in [2.24, 2.45) is 0 Å². The summed E-state index contributed by atoms with van der Waals surface area (Å²) >= 11 is 5.70. The van der Waals surface area contributed by atoms with Crippen molar-refractivity contribution in [2.75, 3.05) is 13.1 Å². The van der Waals surface area contributed by atoms with Gasteiger partial charge >= 0.3 is 12.1 Å². The Balaban J connectivity index is 1.86. The molecule has 7 heteroatoms. The molecule has 0 aromatic carbocycles. The summed E-state index contributed by atoms with van der Waals surface area (Å²) in [4.78, 5) is 21.5. The van der Waals surface area contributed by atoms with Crippen LogP contribution in [0.15, 0.2) is 12.4 Å². The summed E-state index contributed by atoms with van der Waals surface area (Å²) in [6, 6.07) is 0.269. The smallest absolute Gasteiger partial charge is 0.410 e. The van der Waals surface area contributed by atoms with Crippen LogP contribution in [0.25, 0.3) is 0 Å². The number of rotatable bonds is 2. The zero-order valence-electron chi connectivity index (χ0n) is 11.8. The minimum absolute atomic E-state index is 0.122. The molecule has 1 saturated heterocycles. The van der Waals surface area contributed by atoms with Crippen molar-refractivity contribution in [1.82, 2.24) is 14.9 Å². The van der Waals surface area contributed by atoms with E-state index in [2.05, 4.69) is 9.97 Å². The molecule has 1 amide bonds. The second-order valence-corrected chi connectivity index (χ2v) is 6.08. The van der Waals surface area contributed by atoms with E-state index in [0.29, 0.717) is 18.1 Å². The SMILES string of the molecule is CC(C)(C)OC(=O)N1CC[C@H](Oc2ncc(Cl)cn2)C1. The number of ether oxygens (including phenoxy) is 2. The highest BCUT2D eigenvalue weighted by Gasteiger charge is 2.31. The van der Waals surface area contributed by atoms with Crippen molar-refractivity contribution in [2.45, 2.75) is 38.9 Å². The summed E-state index contributed by atoms with van der Waals surface area (Å²) in [7, 11) is 0. The number of hydrogen-bond acceptors (Lipinski definition) is 5. The molecule has 1 aliphatic rings. The Hall–Kier alpha value is -1.56. The Bertz CT molecular complexity index is 473. The normalized spacial score (nSPS) is 19.0. The van der Waals surface area contributed by atoms with E-state index in [4.69, 9.17) is 21.1 Å². The molecule has 20 heavy (non-hydrogen) atoms. The van der Waals surface area contributed by atoms with E-state index < -0.39 is 5.60 Å². The Morgan fingerprint density at radius 1 is 1.40 bits per heavy atom. The molecule has 0 spiro atoms. The minimum Gasteiger partial charge on any atom is -0.458 e. The molecule has 6 nitrogen and oxygen atoms in total. The summed E-state index contributed by atoms with van der Waals surface area (Å²) in [5.74, 6) is 0. The molecule has 0 unspecified atom stereocenters. The zero-order chi connectivity index (χ0) is 14.8. The molecule has 1 atom stereocenters. The Labute approximate surface area is 123 Å². The standard InChI is InChI=1S/C13H18ClN3O3/c1-13(2,3)20-12(18)17-5-4-10(8-17)19-11-15-6-9(14)7-16-11/h6-7,10H,4-5,8H2,1-3H3/t10-/m0/s1. The Morgan fingerprint density at radius 3 is 2.65 bits per heavy atom. The van der Waals surface area contributed by atoms with Crippen molar-refractivity contribution < 1.29 is 14.3 Å². The predicted molar refractivity (Wildman–Crippen MR) is 73.9 cm³/mol. The number of hydrogen-bond donors (Lipinski definition) is 0. The van der Waals surface area contributed by atoms with Crippen LogP contribution >= 0.6 is 11.6 Å². The fourth-order valence-corrected chi connectivity index (χ4v) is 1.92. The maximum absolute atomic E-state index is 11.9. The third kappa shape index (κ3) is 4.23. The number of aromatic nitrogens is 2. The average Bonchev–Trinajstić information content (AvgIpc) is 2.79. The van der Waals surface area contributed by atoms with E-state index in [9.17, 15) is 4.79 Å². The Kier molecular flexibility index (Phi) is 4.32. The first-order valence-electron chi connectivity index (χ1n) is 6.45. The number of likely N-dealkylation sites (tertiary alicyclic amines) is 1. The van der Waals surface area contributed by atoms with Gasteiger partial charge in [-0.1, -0.05) is 11.6 Å². The molecule has 1 aromatic rings. The monoisotopic (exact) mass is 299 g/mol. The lowest BCUT2D eigenvalue weighted by molar-refractivity contribution is 0.0274. The molecular formula is C13H18ClN3O3. The van der Waals surface area contributed by atoms with Crippen molar-refractivity contribution in [3.63, 3.8) is 0 Å². The first-order chi connectivity index (χ1) is 9.33. The van der Waals surface area contributed by atoms with Crippen LogP contribution in [-0.2, 0) is 4.74 Å². The van der Waals surface area contributed by atoms with E-state index >= 15 is 0 Å². The molecule has 1 aliphatic heterocycles. The highest BCUT2D eigenvalue weighted by Crippen LogP contribution is 2.18. The summed E-state index contributed by atoms with van der Waals surface area (Å²) < 4.78 is 10.9. The summed E-state index contributed by atoms with van der Waals surface area (Å²) in [5, 5.41) is 0.458. The van der Waals surface area contributed by atoms with Crippen molar-refractivity contribution in [1.29, 1.82) is 0 Å². The van der Waals surface area contributed by atoms with Gasteiger partial charge in [0.15, 0.2) is 0 Å². The molecule has 0 bridgehead atoms. The number of carbonyl (C=O) groups is 1. The molecule has 2 rings (SSSR count). The molecule has 0 radical (unpaired) electrons. The second kappa shape index (κ2) is 5.83. The maximum Gasteiger partial charge on any atom is 0.410 e. The van der Waals surface area contributed by atoms with E-state index in [1.807, 2.05) is 20.8 Å². The highest BCUT2D eigenvalue weighted by atomic mass is 35.5. The van der Waals surface area contributed by atoms with Crippen LogP contribution in [0, 0.1) is 0 Å². The lowest BCUT2D eigenvalue weighted by Gasteiger charge is -2.24. The molecular weight excluding hydrogens is 282 g/mol. The second-order valence-electron chi connectivity index (χ2n) is 5.64. The molecule has 110 valence electrons. The maximum atomic E-state index is 11.9. The van der Waals surface area contributed by atoms with Gasteiger partial charge in [0.1, 0.15) is 11.7 Å². The number of amides is 1. The Morgan fingerprint density at radius 2 is 2.05 bits per heavy atom. The van der Waals surface area contributed by atoms with Gasteiger partial charge in [-0.05, 0) is 20.8 Å². The van der Waals surface area contributed by atoms with Crippen LogP contribution in [0.2, 0.25) is 5.02 Å². The van der Waals surface area contributed by atoms with Gasteiger partial charge in [-0.3, -0.25) is 0 Å². The molecule has 0 saturated carbocycles. The van der Waals surface area contributed by atoms with Gasteiger partial charge in [0.25, 0.3) is 0 Å². The van der Waals surface area contributed by atoms with E-state index in [1.54, 1.807) is 4.90 Å². The minimum atomic E-state index is -0.491. The van der Waals surface area contributed by atoms with Gasteiger partial charge in [-0.15, -0.1) is 0 Å². The largest absolute Gasteiger partial charge is 0.458 e. The van der Waals surface area contributed by atoms with Gasteiger partial charge in [0.2, 0.25) is 0 Å². The van der Waals surface area contributed by atoms with Crippen molar-refractivity contribution in [3.05, 3.63) is 17.4 Å². The third-order valence-corrected chi connectivity index (χ3v) is 2.86. The van der Waals surface area contributed by atoms with Crippen LogP contribution < -0.4 is 4.74 Å². The van der Waals surface area contributed by atoms with Crippen molar-refractivity contribution in [3.8, 4) is 6.01 Å². The van der Waals surface area contributed by atoms with E-state index in [1.165, 1.54) is 12.4 Å². The summed E-state index contributed by atoms with van der Waals surface area (Å²) in [6.07, 6.45) is 3.24. The fraction of sp³-hybridized carbons (Fsp3) is 0.615. The molecule has 0 aliphatic carbocycles. The highest BCUT2D eigenvalue weighted by molar-refractivity contribution is 6.30. The van der Waals surface area contributed by atoms with Crippen LogP contribution in [0.3, 0.4) is 0 Å². The average molecular weight is 300 g/mol. The molecule has 1 fully saturated rings. The van der Waals surface area contributed by atoms with Crippen LogP contribution in [0.4, 0.5) is 4.79 Å². The lowest BCUT2D eigenvalue weighted by Crippen LogP contribution is -2.36. The van der Waals surface area contributed by atoms with Crippen molar-refractivity contribution >= 4 is 17.7 Å². The quantitative estimate of drug-likeness (QED) is 0.839. The fourth-order valence-electron chi connectivity index (χ4n) is 1.83. The molecule has 0 N–H and O–H groups in total. The summed E-state index contributed by atoms with van der Waals surface area (Å²) in [6.45, 7) is 6.61. The van der Waals surface area contributed by atoms with Crippen LogP contribution in [0.5, 0.6) is 6.01 Å². The number of halogens is 1. The number of nitrogens with zero attached hydrogens (tertiary/aromatic N) is 3. The van der Waals surface area contributed by atoms with Gasteiger partial charge in [0, 0.05) is 13.0 Å². The lowest BCUT2D eigenvalue weighted by atomic mass is 10.2. The first kappa shape index (κ1) is 14.8. The third-order valence-electron chi connectivity index (χ3n) is 2.67. The van der Waals surface area contributed by atoms with E-state index in [0.717, 1.165) is 6.42 Å². The number of carbonyl (C=O) groups excluding carboxylic acids is 1. The topological polar surface area (TPSA) is 64.5 Å².